The van der Waals surface area contributed by atoms with Crippen LogP contribution in [0, 0.1) is 25.2 Å². The zero-order valence-electron chi connectivity index (χ0n) is 10.2. The Kier molecular flexibility index (Phi) is 3.25. The Bertz CT molecular complexity index is 576. The van der Waals surface area contributed by atoms with Crippen molar-refractivity contribution >= 4 is 0 Å². The molecule has 0 spiro atoms. The Labute approximate surface area is 102 Å². The van der Waals surface area contributed by atoms with Gasteiger partial charge in [0.1, 0.15) is 0 Å². The smallest absolute Gasteiger partial charge is 0.0669 e. The van der Waals surface area contributed by atoms with Crippen molar-refractivity contribution in [2.45, 2.75) is 20.3 Å². The molecule has 0 N–H and O–H groups in total. The molecule has 0 aliphatic rings. The van der Waals surface area contributed by atoms with Gasteiger partial charge in [0.2, 0.25) is 0 Å². The molecule has 0 saturated carbocycles. The number of hydrogen-bond acceptors (Lipinski definition) is 1. The van der Waals surface area contributed by atoms with Crippen LogP contribution in [0.15, 0.2) is 42.5 Å². The second-order valence-corrected chi connectivity index (χ2v) is 4.29. The van der Waals surface area contributed by atoms with Crippen LogP contribution in [0.1, 0.15) is 16.7 Å². The third-order valence-electron chi connectivity index (χ3n) is 3.10. The molecule has 0 aromatic heterocycles. The summed E-state index contributed by atoms with van der Waals surface area (Å²) in [7, 11) is 0. The van der Waals surface area contributed by atoms with Crippen LogP contribution < -0.4 is 0 Å². The molecule has 84 valence electrons. The lowest BCUT2D eigenvalue weighted by Crippen LogP contribution is -1.89. The van der Waals surface area contributed by atoms with Crippen LogP contribution in [-0.2, 0) is 6.42 Å². The van der Waals surface area contributed by atoms with Crippen molar-refractivity contribution in [1.29, 1.82) is 5.26 Å². The van der Waals surface area contributed by atoms with Gasteiger partial charge in [0.15, 0.2) is 0 Å². The van der Waals surface area contributed by atoms with Crippen LogP contribution >= 0.6 is 0 Å². The van der Waals surface area contributed by atoms with Crippen molar-refractivity contribution in [2.75, 3.05) is 0 Å². The van der Waals surface area contributed by atoms with E-state index in [0.29, 0.717) is 6.42 Å². The van der Waals surface area contributed by atoms with Gasteiger partial charge in [-0.2, -0.15) is 5.26 Å². The van der Waals surface area contributed by atoms with Gasteiger partial charge in [0.05, 0.1) is 12.5 Å². The van der Waals surface area contributed by atoms with E-state index in [0.717, 1.165) is 11.1 Å². The largest absolute Gasteiger partial charge is 0.198 e. The Morgan fingerprint density at radius 2 is 1.76 bits per heavy atom. The van der Waals surface area contributed by atoms with E-state index in [2.05, 4.69) is 44.2 Å². The van der Waals surface area contributed by atoms with Gasteiger partial charge >= 0.3 is 0 Å². The van der Waals surface area contributed by atoms with Gasteiger partial charge in [-0.25, -0.2) is 0 Å². The number of rotatable bonds is 2. The molecule has 1 heteroatoms. The minimum Gasteiger partial charge on any atom is -0.198 e. The van der Waals surface area contributed by atoms with Crippen LogP contribution in [0.25, 0.3) is 11.1 Å². The van der Waals surface area contributed by atoms with Crippen molar-refractivity contribution in [2.24, 2.45) is 0 Å². The zero-order chi connectivity index (χ0) is 12.3. The lowest BCUT2D eigenvalue weighted by molar-refractivity contribution is 1.26. The van der Waals surface area contributed by atoms with Gasteiger partial charge in [0.25, 0.3) is 0 Å². The molecule has 0 unspecified atom stereocenters. The molecule has 2 aromatic carbocycles. The highest BCUT2D eigenvalue weighted by Gasteiger charge is 2.04. The van der Waals surface area contributed by atoms with Crippen LogP contribution in [-0.4, -0.2) is 0 Å². The molecule has 1 nitrogen and oxygen atoms in total. The topological polar surface area (TPSA) is 23.8 Å². The van der Waals surface area contributed by atoms with E-state index >= 15 is 0 Å². The Hall–Kier alpha value is -2.07. The standard InChI is InChI=1S/C16H15N/c1-12-7-8-15(11-13(12)2)16-6-4-3-5-14(16)9-10-17/h3-8,11H,9H2,1-2H3. The molecule has 0 saturated heterocycles. The zero-order valence-corrected chi connectivity index (χ0v) is 10.2. The fourth-order valence-electron chi connectivity index (χ4n) is 1.95. The summed E-state index contributed by atoms with van der Waals surface area (Å²) in [6.45, 7) is 4.23. The summed E-state index contributed by atoms with van der Waals surface area (Å²) in [4.78, 5) is 0. The molecule has 2 rings (SSSR count). The van der Waals surface area contributed by atoms with E-state index in [9.17, 15) is 0 Å². The molecule has 2 aromatic rings. The van der Waals surface area contributed by atoms with Gasteiger partial charge in [-0.3, -0.25) is 0 Å². The number of benzene rings is 2. The molecular formula is C16H15N. The predicted octanol–water partition coefficient (Wildman–Crippen LogP) is 4.04. The van der Waals surface area contributed by atoms with E-state index in [1.807, 2.05) is 18.2 Å². The first-order valence-electron chi connectivity index (χ1n) is 5.75. The minimum atomic E-state index is 0.461. The summed E-state index contributed by atoms with van der Waals surface area (Å²) < 4.78 is 0. The highest BCUT2D eigenvalue weighted by molar-refractivity contribution is 5.68. The van der Waals surface area contributed by atoms with E-state index in [-0.39, 0.29) is 0 Å². The molecule has 17 heavy (non-hydrogen) atoms. The van der Waals surface area contributed by atoms with E-state index in [1.54, 1.807) is 0 Å². The van der Waals surface area contributed by atoms with Crippen molar-refractivity contribution in [3.63, 3.8) is 0 Å². The van der Waals surface area contributed by atoms with Crippen LogP contribution in [0.2, 0.25) is 0 Å². The van der Waals surface area contributed by atoms with E-state index in [1.165, 1.54) is 16.7 Å². The highest BCUT2D eigenvalue weighted by atomic mass is 14.2. The number of hydrogen-bond donors (Lipinski definition) is 0. The second-order valence-electron chi connectivity index (χ2n) is 4.29. The molecule has 0 fully saturated rings. The minimum absolute atomic E-state index is 0.461. The first-order valence-corrected chi connectivity index (χ1v) is 5.75. The van der Waals surface area contributed by atoms with Crippen LogP contribution in [0.3, 0.4) is 0 Å². The molecule has 0 heterocycles. The van der Waals surface area contributed by atoms with Crippen LogP contribution in [0.5, 0.6) is 0 Å². The summed E-state index contributed by atoms with van der Waals surface area (Å²) in [5, 5.41) is 8.84. The monoisotopic (exact) mass is 221 g/mol. The van der Waals surface area contributed by atoms with E-state index < -0.39 is 0 Å². The van der Waals surface area contributed by atoms with Gasteiger partial charge in [0, 0.05) is 0 Å². The fraction of sp³-hybridized carbons (Fsp3) is 0.188. The Balaban J connectivity index is 2.53. The van der Waals surface area contributed by atoms with Crippen LogP contribution in [0.4, 0.5) is 0 Å². The maximum atomic E-state index is 8.84. The summed E-state index contributed by atoms with van der Waals surface area (Å²) in [6, 6.07) is 16.8. The summed E-state index contributed by atoms with van der Waals surface area (Å²) in [5.41, 5.74) is 6.04. The van der Waals surface area contributed by atoms with Gasteiger partial charge in [-0.15, -0.1) is 0 Å². The van der Waals surface area contributed by atoms with Gasteiger partial charge in [-0.1, -0.05) is 42.5 Å². The fourth-order valence-corrected chi connectivity index (χ4v) is 1.95. The third kappa shape index (κ3) is 2.37. The highest BCUT2D eigenvalue weighted by Crippen LogP contribution is 2.25. The Morgan fingerprint density at radius 1 is 1.00 bits per heavy atom. The second kappa shape index (κ2) is 4.84. The molecule has 0 radical (unpaired) electrons. The average Bonchev–Trinajstić information content (AvgIpc) is 2.34. The molecular weight excluding hydrogens is 206 g/mol. The van der Waals surface area contributed by atoms with Gasteiger partial charge in [-0.05, 0) is 41.7 Å². The molecule has 0 amide bonds. The average molecular weight is 221 g/mol. The first kappa shape index (κ1) is 11.4. The first-order chi connectivity index (χ1) is 8.22. The predicted molar refractivity (Wildman–Crippen MR) is 70.7 cm³/mol. The molecule has 0 aliphatic carbocycles. The van der Waals surface area contributed by atoms with Crippen molar-refractivity contribution in [3.05, 3.63) is 59.2 Å². The number of nitriles is 1. The maximum Gasteiger partial charge on any atom is 0.0669 e. The van der Waals surface area contributed by atoms with Crippen molar-refractivity contribution < 1.29 is 0 Å². The SMILES string of the molecule is Cc1ccc(-c2ccccc2CC#N)cc1C. The summed E-state index contributed by atoms with van der Waals surface area (Å²) >= 11 is 0. The van der Waals surface area contributed by atoms with Crippen molar-refractivity contribution in [1.82, 2.24) is 0 Å². The lowest BCUT2D eigenvalue weighted by atomic mass is 9.95. The molecule has 0 aliphatic heterocycles. The molecule has 0 atom stereocenters. The van der Waals surface area contributed by atoms with Gasteiger partial charge < -0.3 is 0 Å². The lowest BCUT2D eigenvalue weighted by Gasteiger charge is -2.09. The molecule has 0 bridgehead atoms. The number of nitrogens with zero attached hydrogens (tertiary/aromatic N) is 1. The summed E-state index contributed by atoms with van der Waals surface area (Å²) in [6.07, 6.45) is 0.461. The Morgan fingerprint density at radius 3 is 2.47 bits per heavy atom. The third-order valence-corrected chi connectivity index (χ3v) is 3.10. The van der Waals surface area contributed by atoms with E-state index in [4.69, 9.17) is 5.26 Å². The quantitative estimate of drug-likeness (QED) is 0.751. The maximum absolute atomic E-state index is 8.84. The summed E-state index contributed by atoms with van der Waals surface area (Å²) in [5.74, 6) is 0. The van der Waals surface area contributed by atoms with Crippen molar-refractivity contribution in [3.8, 4) is 17.2 Å². The number of aryl methyl sites for hydroxylation is 2. The normalized spacial score (nSPS) is 9.94.